The molecule has 0 N–H and O–H groups in total. The van der Waals surface area contributed by atoms with E-state index in [2.05, 4.69) is 38.5 Å². The Morgan fingerprint density at radius 3 is 2.55 bits per heavy atom. The quantitative estimate of drug-likeness (QED) is 0.700. The van der Waals surface area contributed by atoms with E-state index >= 15 is 0 Å². The van der Waals surface area contributed by atoms with Crippen LogP contribution in [0, 0.1) is 6.92 Å². The number of hydrogen-bond donors (Lipinski definition) is 0. The molecule has 1 aromatic rings. The SMILES string of the molecule is CSC(C)(SC)c1cc(C)c2c(c1)OC1CCCCC21. The lowest BCUT2D eigenvalue weighted by Crippen LogP contribution is -2.22. The van der Waals surface area contributed by atoms with Gasteiger partial charge >= 0.3 is 0 Å². The van der Waals surface area contributed by atoms with Crippen LogP contribution in [-0.2, 0) is 4.08 Å². The lowest BCUT2D eigenvalue weighted by molar-refractivity contribution is 0.164. The minimum atomic E-state index is 0.122. The largest absolute Gasteiger partial charge is 0.489 e. The molecule has 2 aliphatic rings. The molecule has 1 saturated carbocycles. The van der Waals surface area contributed by atoms with Crippen LogP contribution < -0.4 is 4.74 Å². The second-order valence-electron chi connectivity index (χ2n) is 6.11. The monoisotopic (exact) mass is 308 g/mol. The molecule has 1 heterocycles. The summed E-state index contributed by atoms with van der Waals surface area (Å²) in [6.07, 6.45) is 10.1. The first-order valence-corrected chi connectivity index (χ1v) is 9.96. The van der Waals surface area contributed by atoms with Crippen molar-refractivity contribution < 1.29 is 4.74 Å². The summed E-state index contributed by atoms with van der Waals surface area (Å²) in [5, 5.41) is 0. The third kappa shape index (κ3) is 2.27. The van der Waals surface area contributed by atoms with E-state index in [1.807, 2.05) is 23.5 Å². The van der Waals surface area contributed by atoms with Crippen LogP contribution in [0.4, 0.5) is 0 Å². The fourth-order valence-corrected chi connectivity index (χ4v) is 5.02. The first kappa shape index (κ1) is 14.6. The number of benzene rings is 1. The summed E-state index contributed by atoms with van der Waals surface area (Å²) >= 11 is 3.82. The Bertz CT molecular complexity index is 508. The van der Waals surface area contributed by atoms with Crippen LogP contribution >= 0.6 is 23.5 Å². The molecule has 0 saturated heterocycles. The minimum Gasteiger partial charge on any atom is -0.489 e. The zero-order chi connectivity index (χ0) is 14.3. The molecule has 0 radical (unpaired) electrons. The van der Waals surface area contributed by atoms with Crippen molar-refractivity contribution in [2.75, 3.05) is 12.5 Å². The molecule has 3 rings (SSSR count). The zero-order valence-electron chi connectivity index (χ0n) is 12.9. The first-order valence-electron chi connectivity index (χ1n) is 7.51. The van der Waals surface area contributed by atoms with Gasteiger partial charge in [0, 0.05) is 11.5 Å². The maximum atomic E-state index is 6.30. The predicted molar refractivity (Wildman–Crippen MR) is 91.2 cm³/mol. The highest BCUT2D eigenvalue weighted by Crippen LogP contribution is 2.51. The van der Waals surface area contributed by atoms with E-state index in [-0.39, 0.29) is 4.08 Å². The van der Waals surface area contributed by atoms with Crippen molar-refractivity contribution >= 4 is 23.5 Å². The molecule has 110 valence electrons. The number of aryl methyl sites for hydroxylation is 1. The topological polar surface area (TPSA) is 9.23 Å². The van der Waals surface area contributed by atoms with E-state index in [1.54, 1.807) is 0 Å². The van der Waals surface area contributed by atoms with Crippen LogP contribution in [0.5, 0.6) is 5.75 Å². The van der Waals surface area contributed by atoms with Crippen molar-refractivity contribution in [3.05, 3.63) is 28.8 Å². The predicted octanol–water partition coefficient (Wildman–Crippen LogP) is 5.31. The molecule has 0 bridgehead atoms. The lowest BCUT2D eigenvalue weighted by atomic mass is 9.81. The molecule has 1 aliphatic carbocycles. The van der Waals surface area contributed by atoms with Gasteiger partial charge in [-0.1, -0.05) is 12.5 Å². The smallest absolute Gasteiger partial charge is 0.123 e. The Kier molecular flexibility index (Phi) is 4.02. The molecular weight excluding hydrogens is 284 g/mol. The highest BCUT2D eigenvalue weighted by molar-refractivity contribution is 8.16. The summed E-state index contributed by atoms with van der Waals surface area (Å²) in [7, 11) is 0. The number of ether oxygens (including phenoxy) is 1. The molecule has 0 amide bonds. The number of hydrogen-bond acceptors (Lipinski definition) is 3. The Morgan fingerprint density at radius 1 is 1.15 bits per heavy atom. The van der Waals surface area contributed by atoms with Crippen LogP contribution in [0.25, 0.3) is 0 Å². The Labute approximate surface area is 131 Å². The molecular formula is C17H24OS2. The van der Waals surface area contributed by atoms with Crippen LogP contribution in [0.15, 0.2) is 12.1 Å². The molecule has 1 aromatic carbocycles. The van der Waals surface area contributed by atoms with Gasteiger partial charge in [-0.25, -0.2) is 0 Å². The van der Waals surface area contributed by atoms with Gasteiger partial charge in [-0.15, -0.1) is 23.5 Å². The summed E-state index contributed by atoms with van der Waals surface area (Å²) in [4.78, 5) is 0. The van der Waals surface area contributed by atoms with Crippen LogP contribution in [-0.4, -0.2) is 18.6 Å². The molecule has 2 unspecified atom stereocenters. The average molecular weight is 309 g/mol. The number of fused-ring (bicyclic) bond motifs is 3. The third-order valence-electron chi connectivity index (χ3n) is 5.00. The van der Waals surface area contributed by atoms with Gasteiger partial charge in [0.05, 0.1) is 4.08 Å². The van der Waals surface area contributed by atoms with Crippen molar-refractivity contribution in [2.24, 2.45) is 0 Å². The van der Waals surface area contributed by atoms with Gasteiger partial charge in [-0.05, 0) is 62.8 Å². The Balaban J connectivity index is 2.03. The maximum absolute atomic E-state index is 6.30. The minimum absolute atomic E-state index is 0.122. The molecule has 2 atom stereocenters. The van der Waals surface area contributed by atoms with Gasteiger partial charge in [0.1, 0.15) is 11.9 Å². The molecule has 0 aromatic heterocycles. The van der Waals surface area contributed by atoms with Crippen molar-refractivity contribution in [3.8, 4) is 5.75 Å². The summed E-state index contributed by atoms with van der Waals surface area (Å²) in [6.45, 7) is 4.58. The van der Waals surface area contributed by atoms with Gasteiger partial charge in [0.15, 0.2) is 0 Å². The van der Waals surface area contributed by atoms with E-state index < -0.39 is 0 Å². The molecule has 1 nitrogen and oxygen atoms in total. The van der Waals surface area contributed by atoms with Gasteiger partial charge in [0.25, 0.3) is 0 Å². The van der Waals surface area contributed by atoms with E-state index in [9.17, 15) is 0 Å². The van der Waals surface area contributed by atoms with Gasteiger partial charge in [-0.3, -0.25) is 0 Å². The van der Waals surface area contributed by atoms with E-state index in [4.69, 9.17) is 4.74 Å². The molecule has 0 spiro atoms. The molecule has 1 fully saturated rings. The highest BCUT2D eigenvalue weighted by Gasteiger charge is 2.38. The van der Waals surface area contributed by atoms with E-state index in [0.29, 0.717) is 12.0 Å². The molecule has 3 heteroatoms. The van der Waals surface area contributed by atoms with Crippen molar-refractivity contribution in [1.29, 1.82) is 0 Å². The Hall–Kier alpha value is -0.280. The first-order chi connectivity index (χ1) is 9.59. The zero-order valence-corrected chi connectivity index (χ0v) is 14.5. The van der Waals surface area contributed by atoms with Gasteiger partial charge < -0.3 is 4.74 Å². The summed E-state index contributed by atoms with van der Waals surface area (Å²) < 4.78 is 6.42. The molecule has 20 heavy (non-hydrogen) atoms. The normalized spacial score (nSPS) is 25.0. The molecule has 1 aliphatic heterocycles. The number of rotatable bonds is 3. The second-order valence-corrected chi connectivity index (χ2v) is 8.81. The van der Waals surface area contributed by atoms with Crippen LogP contribution in [0.3, 0.4) is 0 Å². The van der Waals surface area contributed by atoms with Crippen molar-refractivity contribution in [1.82, 2.24) is 0 Å². The lowest BCUT2D eigenvalue weighted by Gasteiger charge is -2.27. The van der Waals surface area contributed by atoms with E-state index in [0.717, 1.165) is 0 Å². The van der Waals surface area contributed by atoms with Crippen LogP contribution in [0.1, 0.15) is 55.2 Å². The van der Waals surface area contributed by atoms with Gasteiger partial charge in [0.2, 0.25) is 0 Å². The summed E-state index contributed by atoms with van der Waals surface area (Å²) in [5.41, 5.74) is 4.33. The van der Waals surface area contributed by atoms with E-state index in [1.165, 1.54) is 48.1 Å². The second kappa shape index (κ2) is 5.49. The maximum Gasteiger partial charge on any atom is 0.123 e. The fraction of sp³-hybridized carbons (Fsp3) is 0.647. The summed E-state index contributed by atoms with van der Waals surface area (Å²) in [6, 6.07) is 4.71. The van der Waals surface area contributed by atoms with Crippen molar-refractivity contribution in [2.45, 2.75) is 55.6 Å². The highest BCUT2D eigenvalue weighted by atomic mass is 32.2. The number of thioether (sulfide) groups is 2. The van der Waals surface area contributed by atoms with Gasteiger partial charge in [-0.2, -0.15) is 0 Å². The average Bonchev–Trinajstić information content (AvgIpc) is 2.85. The van der Waals surface area contributed by atoms with Crippen LogP contribution in [0.2, 0.25) is 0 Å². The van der Waals surface area contributed by atoms with Crippen molar-refractivity contribution in [3.63, 3.8) is 0 Å². The fourth-order valence-electron chi connectivity index (χ4n) is 3.65. The Morgan fingerprint density at radius 2 is 1.85 bits per heavy atom. The summed E-state index contributed by atoms with van der Waals surface area (Å²) in [5.74, 6) is 1.83. The standard InChI is InChI=1S/C17H24OS2/c1-11-9-12(17(2,19-3)20-4)10-15-16(11)13-7-5-6-8-14(13)18-15/h9-10,13-14H,5-8H2,1-4H3. The third-order valence-corrected chi connectivity index (χ3v) is 8.03.